The zero-order valence-electron chi connectivity index (χ0n) is 17.9. The quantitative estimate of drug-likeness (QED) is 0.612. The molecule has 3 aromatic rings. The van der Waals surface area contributed by atoms with Gasteiger partial charge in [0, 0.05) is 25.9 Å². The highest BCUT2D eigenvalue weighted by Crippen LogP contribution is 2.26. The molecule has 0 unspecified atom stereocenters. The zero-order chi connectivity index (χ0) is 22.7. The third-order valence-corrected chi connectivity index (χ3v) is 5.68. The van der Waals surface area contributed by atoms with E-state index in [1.807, 2.05) is 36.4 Å². The molecule has 1 atom stereocenters. The maximum Gasteiger partial charge on any atom is 0.272 e. The van der Waals surface area contributed by atoms with Gasteiger partial charge < -0.3 is 15.5 Å². The highest BCUT2D eigenvalue weighted by molar-refractivity contribution is 6.01. The molecule has 3 heterocycles. The van der Waals surface area contributed by atoms with E-state index in [2.05, 4.69) is 20.7 Å². The molecule has 164 valence electrons. The summed E-state index contributed by atoms with van der Waals surface area (Å²) in [4.78, 5) is 44.1. The van der Waals surface area contributed by atoms with Crippen molar-refractivity contribution in [3.8, 4) is 0 Å². The van der Waals surface area contributed by atoms with Crippen molar-refractivity contribution in [2.75, 3.05) is 7.05 Å². The Bertz CT molecular complexity index is 1150. The number of likely N-dealkylation sites (N-methyl/N-ethyl adjacent to an activating group) is 1. The smallest absolute Gasteiger partial charge is 0.272 e. The molecule has 0 aliphatic carbocycles. The van der Waals surface area contributed by atoms with Crippen LogP contribution in [-0.4, -0.2) is 50.0 Å². The van der Waals surface area contributed by atoms with Crippen molar-refractivity contribution in [3.63, 3.8) is 0 Å². The fraction of sp³-hybridized carbons (Fsp3) is 0.261. The number of carbonyl (C=O) groups excluding carboxylic acids is 3. The van der Waals surface area contributed by atoms with Crippen LogP contribution in [0.2, 0.25) is 0 Å². The van der Waals surface area contributed by atoms with Gasteiger partial charge in [0.2, 0.25) is 5.91 Å². The van der Waals surface area contributed by atoms with E-state index in [-0.39, 0.29) is 36.3 Å². The number of nitrogens with one attached hydrogen (secondary N) is 2. The van der Waals surface area contributed by atoms with Crippen molar-refractivity contribution in [1.29, 1.82) is 0 Å². The van der Waals surface area contributed by atoms with E-state index in [0.717, 1.165) is 5.56 Å². The molecule has 0 fully saturated rings. The van der Waals surface area contributed by atoms with Crippen LogP contribution >= 0.6 is 0 Å². The van der Waals surface area contributed by atoms with E-state index in [0.29, 0.717) is 12.2 Å². The topological polar surface area (TPSA) is 109 Å². The number of carbonyl (C=O) groups is 3. The molecule has 0 radical (unpaired) electrons. The molecular formula is C23H24N6O3. The maximum atomic E-state index is 13.0. The number of amides is 3. The maximum absolute atomic E-state index is 13.0. The van der Waals surface area contributed by atoms with Crippen LogP contribution in [0.15, 0.2) is 60.8 Å². The highest BCUT2D eigenvalue weighted by atomic mass is 16.2. The van der Waals surface area contributed by atoms with Gasteiger partial charge >= 0.3 is 0 Å². The van der Waals surface area contributed by atoms with Crippen molar-refractivity contribution in [2.24, 2.45) is 0 Å². The fourth-order valence-electron chi connectivity index (χ4n) is 3.57. The van der Waals surface area contributed by atoms with Gasteiger partial charge in [-0.05, 0) is 24.6 Å². The summed E-state index contributed by atoms with van der Waals surface area (Å²) in [6.07, 6.45) is 1.65. The molecule has 2 aromatic heterocycles. The number of hydrogen-bond donors (Lipinski definition) is 2. The summed E-state index contributed by atoms with van der Waals surface area (Å²) in [5.41, 5.74) is 0.909. The van der Waals surface area contributed by atoms with E-state index in [4.69, 9.17) is 0 Å². The van der Waals surface area contributed by atoms with Gasteiger partial charge in [-0.25, -0.2) is 0 Å². The lowest BCUT2D eigenvalue weighted by Gasteiger charge is -2.40. The Kier molecular flexibility index (Phi) is 5.72. The molecular weight excluding hydrogens is 408 g/mol. The lowest BCUT2D eigenvalue weighted by molar-refractivity contribution is -0.132. The van der Waals surface area contributed by atoms with Gasteiger partial charge in [0.25, 0.3) is 11.8 Å². The number of benzene rings is 1. The average Bonchev–Trinajstić information content (AvgIpc) is 3.24. The second kappa shape index (κ2) is 8.62. The summed E-state index contributed by atoms with van der Waals surface area (Å²) < 4.78 is 1.43. The largest absolute Gasteiger partial charge is 0.350 e. The molecule has 1 aliphatic heterocycles. The van der Waals surface area contributed by atoms with Crippen LogP contribution in [0.25, 0.3) is 0 Å². The van der Waals surface area contributed by atoms with Crippen LogP contribution in [-0.2, 0) is 24.4 Å². The lowest BCUT2D eigenvalue weighted by atomic mass is 9.96. The van der Waals surface area contributed by atoms with Crippen LogP contribution in [0, 0.1) is 0 Å². The monoisotopic (exact) mass is 432 g/mol. The molecule has 0 saturated heterocycles. The number of hydrogen-bond acceptors (Lipinski definition) is 5. The van der Waals surface area contributed by atoms with E-state index in [1.54, 1.807) is 32.3 Å². The van der Waals surface area contributed by atoms with Gasteiger partial charge in [-0.2, -0.15) is 5.10 Å². The van der Waals surface area contributed by atoms with Gasteiger partial charge in [-0.15, -0.1) is 0 Å². The van der Waals surface area contributed by atoms with Crippen molar-refractivity contribution in [1.82, 2.24) is 30.3 Å². The minimum absolute atomic E-state index is 0.117. The molecule has 32 heavy (non-hydrogen) atoms. The van der Waals surface area contributed by atoms with Gasteiger partial charge in [-0.3, -0.25) is 24.0 Å². The SMILES string of the molecule is CN1C(=O)c2cc(C(=O)NCc3ccccn3)nn2C[C@@]1(C)C(=O)NCc1ccccc1. The Balaban J connectivity index is 1.48. The van der Waals surface area contributed by atoms with Crippen LogP contribution in [0.4, 0.5) is 0 Å². The fourth-order valence-corrected chi connectivity index (χ4v) is 3.57. The van der Waals surface area contributed by atoms with Crippen LogP contribution < -0.4 is 10.6 Å². The third kappa shape index (κ3) is 4.09. The third-order valence-electron chi connectivity index (χ3n) is 5.68. The first-order chi connectivity index (χ1) is 15.4. The molecule has 0 spiro atoms. The first-order valence-corrected chi connectivity index (χ1v) is 10.2. The molecule has 3 amide bonds. The van der Waals surface area contributed by atoms with Gasteiger partial charge in [-0.1, -0.05) is 36.4 Å². The van der Waals surface area contributed by atoms with Gasteiger partial charge in [0.1, 0.15) is 11.2 Å². The van der Waals surface area contributed by atoms with Crippen LogP contribution in [0.3, 0.4) is 0 Å². The zero-order valence-corrected chi connectivity index (χ0v) is 17.9. The number of aromatic nitrogens is 3. The molecule has 0 bridgehead atoms. The Morgan fingerprint density at radius 3 is 2.53 bits per heavy atom. The second-order valence-corrected chi connectivity index (χ2v) is 7.88. The summed E-state index contributed by atoms with van der Waals surface area (Å²) >= 11 is 0. The molecule has 0 saturated carbocycles. The van der Waals surface area contributed by atoms with Crippen molar-refractivity contribution in [2.45, 2.75) is 32.1 Å². The summed E-state index contributed by atoms with van der Waals surface area (Å²) in [5, 5.41) is 9.95. The summed E-state index contributed by atoms with van der Waals surface area (Å²) in [7, 11) is 1.59. The van der Waals surface area contributed by atoms with E-state index < -0.39 is 11.4 Å². The number of fused-ring (bicyclic) bond motifs is 1. The summed E-state index contributed by atoms with van der Waals surface area (Å²) in [6, 6.07) is 16.4. The minimum atomic E-state index is -1.15. The van der Waals surface area contributed by atoms with E-state index in [1.165, 1.54) is 15.6 Å². The normalized spacial score (nSPS) is 17.6. The first-order valence-electron chi connectivity index (χ1n) is 10.2. The summed E-state index contributed by atoms with van der Waals surface area (Å²) in [5.74, 6) is -1.08. The van der Waals surface area contributed by atoms with Crippen LogP contribution in [0.1, 0.15) is 39.2 Å². The number of rotatable bonds is 6. The minimum Gasteiger partial charge on any atom is -0.350 e. The lowest BCUT2D eigenvalue weighted by Crippen LogP contribution is -2.62. The van der Waals surface area contributed by atoms with Crippen molar-refractivity contribution >= 4 is 17.7 Å². The Morgan fingerprint density at radius 1 is 1.06 bits per heavy atom. The molecule has 1 aliphatic rings. The van der Waals surface area contributed by atoms with Crippen molar-refractivity contribution in [3.05, 3.63) is 83.4 Å². The van der Waals surface area contributed by atoms with Crippen LogP contribution in [0.5, 0.6) is 0 Å². The standard InChI is InChI=1S/C23H24N6O3/c1-23(22(32)26-13-16-8-4-3-5-9-16)15-29-19(21(31)28(23)2)12-18(27-29)20(30)25-14-17-10-6-7-11-24-17/h3-12H,13-15H2,1-2H3,(H,25,30)(H,26,32)/t23-/m0/s1. The van der Waals surface area contributed by atoms with E-state index in [9.17, 15) is 14.4 Å². The summed E-state index contributed by atoms with van der Waals surface area (Å²) in [6.45, 7) is 2.43. The molecule has 2 N–H and O–H groups in total. The second-order valence-electron chi connectivity index (χ2n) is 7.88. The average molecular weight is 432 g/mol. The Labute approximate surface area is 185 Å². The highest BCUT2D eigenvalue weighted by Gasteiger charge is 2.46. The van der Waals surface area contributed by atoms with E-state index >= 15 is 0 Å². The molecule has 1 aromatic carbocycles. The predicted octanol–water partition coefficient (Wildman–Crippen LogP) is 1.37. The first kappa shape index (κ1) is 21.2. The number of pyridine rings is 1. The van der Waals surface area contributed by atoms with Gasteiger partial charge in [0.05, 0.1) is 18.8 Å². The predicted molar refractivity (Wildman–Crippen MR) is 116 cm³/mol. The Hall–Kier alpha value is -4.01. The Morgan fingerprint density at radius 2 is 1.81 bits per heavy atom. The van der Waals surface area contributed by atoms with Gasteiger partial charge in [0.15, 0.2) is 5.69 Å². The molecule has 4 rings (SSSR count). The van der Waals surface area contributed by atoms with Crippen molar-refractivity contribution < 1.29 is 14.4 Å². The molecule has 9 heteroatoms. The molecule has 9 nitrogen and oxygen atoms in total. The number of nitrogens with zero attached hydrogens (tertiary/aromatic N) is 4.